The van der Waals surface area contributed by atoms with Crippen molar-refractivity contribution in [2.45, 2.75) is 52.5 Å². The smallest absolute Gasteiger partial charge is 0.227 e. The molecule has 2 aromatic rings. The van der Waals surface area contributed by atoms with E-state index in [9.17, 15) is 0 Å². The van der Waals surface area contributed by atoms with E-state index in [-0.39, 0.29) is 0 Å². The third-order valence-corrected chi connectivity index (χ3v) is 6.38. The minimum atomic E-state index is 0.735. The fourth-order valence-electron chi connectivity index (χ4n) is 4.53. The van der Waals surface area contributed by atoms with Gasteiger partial charge < -0.3 is 9.64 Å². The molecule has 1 aliphatic heterocycles. The average molecular weight is 369 g/mol. The van der Waals surface area contributed by atoms with Crippen molar-refractivity contribution in [3.63, 3.8) is 0 Å². The third-order valence-electron chi connectivity index (χ3n) is 6.38. The van der Waals surface area contributed by atoms with Crippen LogP contribution in [0.15, 0.2) is 24.3 Å². The van der Waals surface area contributed by atoms with Crippen LogP contribution in [0.25, 0.3) is 0 Å². The Hall–Kier alpha value is -1.88. The minimum absolute atomic E-state index is 0.735. The Labute approximate surface area is 162 Å². The van der Waals surface area contributed by atoms with E-state index in [0.717, 1.165) is 69.3 Å². The summed E-state index contributed by atoms with van der Waals surface area (Å²) in [5, 5.41) is 9.31. The number of nitrogens with zero attached hydrogens (tertiary/aromatic N) is 4. The summed E-state index contributed by atoms with van der Waals surface area (Å²) < 4.78 is 8.08. The van der Waals surface area contributed by atoms with Crippen LogP contribution >= 0.6 is 0 Å². The van der Waals surface area contributed by atoms with Crippen LogP contribution in [0, 0.1) is 18.8 Å². The maximum atomic E-state index is 5.66. The molecule has 2 atom stereocenters. The Balaban J connectivity index is 1.64. The van der Waals surface area contributed by atoms with Gasteiger partial charge in [-0.25, -0.2) is 0 Å². The molecule has 2 heterocycles. The van der Waals surface area contributed by atoms with Crippen LogP contribution in [0.5, 0.6) is 0 Å². The Kier molecular flexibility index (Phi) is 5.77. The molecule has 1 aromatic carbocycles. The van der Waals surface area contributed by atoms with E-state index in [1.807, 2.05) is 0 Å². The molecule has 4 rings (SSSR count). The normalized spacial score (nSPS) is 23.6. The summed E-state index contributed by atoms with van der Waals surface area (Å²) in [6.45, 7) is 9.16. The van der Waals surface area contributed by atoms with E-state index in [1.54, 1.807) is 0 Å². The lowest BCUT2D eigenvalue weighted by atomic mass is 9.98. The third kappa shape index (κ3) is 4.18. The van der Waals surface area contributed by atoms with Gasteiger partial charge in [0.25, 0.3) is 0 Å². The molecule has 2 aliphatic rings. The number of anilines is 1. The quantitative estimate of drug-likeness (QED) is 0.804. The standard InChI is InChI=1S/C22H32N4O/c1-17-7-3-4-9-19(17)15-21-23-24-22(25-11-6-13-27-14-12-25)26(21)16-20-10-5-8-18(20)2/h3-4,7,9,18,20H,5-6,8,10-16H2,1-2H3. The van der Waals surface area contributed by atoms with Gasteiger partial charge in [-0.2, -0.15) is 0 Å². The molecule has 0 radical (unpaired) electrons. The Morgan fingerprint density at radius 2 is 1.96 bits per heavy atom. The van der Waals surface area contributed by atoms with Crippen molar-refractivity contribution in [1.29, 1.82) is 0 Å². The highest BCUT2D eigenvalue weighted by molar-refractivity contribution is 5.34. The van der Waals surface area contributed by atoms with Gasteiger partial charge in [-0.15, -0.1) is 10.2 Å². The molecular formula is C22H32N4O. The van der Waals surface area contributed by atoms with Gasteiger partial charge in [0.05, 0.1) is 6.61 Å². The van der Waals surface area contributed by atoms with Gasteiger partial charge in [-0.05, 0) is 42.7 Å². The lowest BCUT2D eigenvalue weighted by molar-refractivity contribution is 0.152. The number of rotatable bonds is 5. The molecule has 0 spiro atoms. The molecule has 1 saturated heterocycles. The second-order valence-corrected chi connectivity index (χ2v) is 8.25. The molecule has 0 bridgehead atoms. The molecule has 27 heavy (non-hydrogen) atoms. The first-order valence-corrected chi connectivity index (χ1v) is 10.5. The van der Waals surface area contributed by atoms with E-state index in [2.05, 4.69) is 57.8 Å². The molecule has 5 nitrogen and oxygen atoms in total. The van der Waals surface area contributed by atoms with Gasteiger partial charge in [-0.3, -0.25) is 4.57 Å². The molecular weight excluding hydrogens is 336 g/mol. The van der Waals surface area contributed by atoms with Crippen LogP contribution in [0.1, 0.15) is 49.6 Å². The topological polar surface area (TPSA) is 43.2 Å². The first-order valence-electron chi connectivity index (χ1n) is 10.5. The molecule has 1 saturated carbocycles. The van der Waals surface area contributed by atoms with E-state index < -0.39 is 0 Å². The van der Waals surface area contributed by atoms with Crippen molar-refractivity contribution in [1.82, 2.24) is 14.8 Å². The molecule has 5 heteroatoms. The predicted molar refractivity (Wildman–Crippen MR) is 108 cm³/mol. The molecule has 1 aliphatic carbocycles. The molecule has 2 unspecified atom stereocenters. The van der Waals surface area contributed by atoms with Crippen LogP contribution in [0.4, 0.5) is 5.95 Å². The van der Waals surface area contributed by atoms with Gasteiger partial charge in [0, 0.05) is 32.7 Å². The van der Waals surface area contributed by atoms with E-state index >= 15 is 0 Å². The van der Waals surface area contributed by atoms with Gasteiger partial charge in [0.2, 0.25) is 5.95 Å². The molecule has 1 aromatic heterocycles. The summed E-state index contributed by atoms with van der Waals surface area (Å²) in [5.74, 6) is 3.67. The van der Waals surface area contributed by atoms with Crippen molar-refractivity contribution in [2.75, 3.05) is 31.2 Å². The van der Waals surface area contributed by atoms with Crippen molar-refractivity contribution in [3.8, 4) is 0 Å². The van der Waals surface area contributed by atoms with E-state index in [1.165, 1.54) is 30.4 Å². The Bertz CT molecular complexity index is 749. The van der Waals surface area contributed by atoms with Gasteiger partial charge in [-0.1, -0.05) is 44.0 Å². The summed E-state index contributed by atoms with van der Waals surface area (Å²) in [6.07, 6.45) is 5.94. The van der Waals surface area contributed by atoms with Gasteiger partial charge in [0.1, 0.15) is 5.82 Å². The van der Waals surface area contributed by atoms with Crippen molar-refractivity contribution >= 4 is 5.95 Å². The average Bonchev–Trinajstić information content (AvgIpc) is 3.14. The van der Waals surface area contributed by atoms with Crippen molar-refractivity contribution in [3.05, 3.63) is 41.2 Å². The SMILES string of the molecule is Cc1ccccc1Cc1nnc(N2CCCOCC2)n1CC1CCCC1C. The largest absolute Gasteiger partial charge is 0.380 e. The van der Waals surface area contributed by atoms with Crippen molar-refractivity contribution < 1.29 is 4.74 Å². The number of hydrogen-bond acceptors (Lipinski definition) is 4. The monoisotopic (exact) mass is 368 g/mol. The molecule has 146 valence electrons. The number of aryl methyl sites for hydroxylation is 1. The second kappa shape index (κ2) is 8.42. The lowest BCUT2D eigenvalue weighted by Crippen LogP contribution is -2.30. The lowest BCUT2D eigenvalue weighted by Gasteiger charge is -2.24. The zero-order valence-corrected chi connectivity index (χ0v) is 16.7. The number of benzene rings is 1. The highest BCUT2D eigenvalue weighted by Gasteiger charge is 2.27. The van der Waals surface area contributed by atoms with Crippen LogP contribution < -0.4 is 4.90 Å². The molecule has 0 amide bonds. The fourth-order valence-corrected chi connectivity index (χ4v) is 4.53. The summed E-state index contributed by atoms with van der Waals surface area (Å²) in [4.78, 5) is 2.38. The number of aromatic nitrogens is 3. The summed E-state index contributed by atoms with van der Waals surface area (Å²) in [5.41, 5.74) is 2.67. The zero-order chi connectivity index (χ0) is 18.6. The molecule has 0 N–H and O–H groups in total. The van der Waals surface area contributed by atoms with Gasteiger partial charge >= 0.3 is 0 Å². The molecule has 2 fully saturated rings. The highest BCUT2D eigenvalue weighted by atomic mass is 16.5. The van der Waals surface area contributed by atoms with Crippen LogP contribution in [-0.2, 0) is 17.7 Å². The van der Waals surface area contributed by atoms with Crippen LogP contribution in [-0.4, -0.2) is 41.1 Å². The van der Waals surface area contributed by atoms with Crippen LogP contribution in [0.2, 0.25) is 0 Å². The fraction of sp³-hybridized carbons (Fsp3) is 0.636. The number of ether oxygens (including phenoxy) is 1. The van der Waals surface area contributed by atoms with Crippen molar-refractivity contribution in [2.24, 2.45) is 11.8 Å². The predicted octanol–water partition coefficient (Wildman–Crippen LogP) is 3.84. The first-order chi connectivity index (χ1) is 13.2. The highest BCUT2D eigenvalue weighted by Crippen LogP contribution is 2.34. The maximum absolute atomic E-state index is 5.66. The summed E-state index contributed by atoms with van der Waals surface area (Å²) in [7, 11) is 0. The van der Waals surface area contributed by atoms with Crippen LogP contribution in [0.3, 0.4) is 0 Å². The first kappa shape index (κ1) is 18.5. The Morgan fingerprint density at radius 3 is 2.78 bits per heavy atom. The maximum Gasteiger partial charge on any atom is 0.227 e. The summed E-state index contributed by atoms with van der Waals surface area (Å²) >= 11 is 0. The summed E-state index contributed by atoms with van der Waals surface area (Å²) in [6, 6.07) is 8.62. The van der Waals surface area contributed by atoms with Gasteiger partial charge in [0.15, 0.2) is 0 Å². The number of hydrogen-bond donors (Lipinski definition) is 0. The zero-order valence-electron chi connectivity index (χ0n) is 16.7. The van der Waals surface area contributed by atoms with E-state index in [4.69, 9.17) is 4.74 Å². The Morgan fingerprint density at radius 1 is 1.07 bits per heavy atom. The minimum Gasteiger partial charge on any atom is -0.380 e. The second-order valence-electron chi connectivity index (χ2n) is 8.25. The van der Waals surface area contributed by atoms with E-state index in [0.29, 0.717) is 0 Å².